The van der Waals surface area contributed by atoms with Gasteiger partial charge in [0.25, 0.3) is 5.56 Å². The van der Waals surface area contributed by atoms with Crippen LogP contribution in [0.25, 0.3) is 10.6 Å². The molecule has 3 aromatic heterocycles. The number of fused-ring (bicyclic) bond motifs is 2. The molecule has 0 radical (unpaired) electrons. The topological polar surface area (TPSA) is 120 Å². The van der Waals surface area contributed by atoms with Gasteiger partial charge in [0, 0.05) is 17.2 Å². The summed E-state index contributed by atoms with van der Waals surface area (Å²) < 4.78 is 12.6. The Morgan fingerprint density at radius 3 is 2.86 bits per heavy atom. The monoisotopic (exact) mass is 409 g/mol. The van der Waals surface area contributed by atoms with E-state index in [0.29, 0.717) is 34.4 Å². The van der Waals surface area contributed by atoms with E-state index in [1.165, 1.54) is 11.3 Å². The minimum absolute atomic E-state index is 0.355. The maximum Gasteiger partial charge on any atom is 0.288 e. The van der Waals surface area contributed by atoms with Gasteiger partial charge < -0.3 is 14.8 Å². The van der Waals surface area contributed by atoms with Crippen molar-refractivity contribution in [2.45, 2.75) is 6.04 Å². The lowest BCUT2D eigenvalue weighted by Gasteiger charge is -2.28. The minimum atomic E-state index is -0.524. The first-order chi connectivity index (χ1) is 14.2. The molecule has 11 heteroatoms. The average molecular weight is 409 g/mol. The Labute approximate surface area is 168 Å². The summed E-state index contributed by atoms with van der Waals surface area (Å²) in [5.41, 5.74) is 2.08. The summed E-state index contributed by atoms with van der Waals surface area (Å²) in [6.07, 6.45) is 0. The van der Waals surface area contributed by atoms with Crippen molar-refractivity contribution in [2.75, 3.05) is 19.5 Å². The van der Waals surface area contributed by atoms with Gasteiger partial charge in [-0.2, -0.15) is 9.78 Å². The van der Waals surface area contributed by atoms with Gasteiger partial charge in [0.05, 0.1) is 19.1 Å². The summed E-state index contributed by atoms with van der Waals surface area (Å²) in [5, 5.41) is 23.8. The first kappa shape index (κ1) is 17.4. The Morgan fingerprint density at radius 1 is 1.21 bits per heavy atom. The van der Waals surface area contributed by atoms with E-state index in [1.54, 1.807) is 25.0 Å². The predicted molar refractivity (Wildman–Crippen MR) is 106 cm³/mol. The first-order valence-corrected chi connectivity index (χ1v) is 9.52. The number of nitrogens with zero attached hydrogens (tertiary/aromatic N) is 5. The third kappa shape index (κ3) is 2.66. The largest absolute Gasteiger partial charge is 0.497 e. The molecule has 1 aliphatic heterocycles. The second-order valence-electron chi connectivity index (χ2n) is 6.25. The molecule has 10 nitrogen and oxygen atoms in total. The molecule has 146 valence electrons. The number of hydrogen-bond acceptors (Lipinski definition) is 9. The fraction of sp³-hybridized carbons (Fsp3) is 0.167. The summed E-state index contributed by atoms with van der Waals surface area (Å²) in [6, 6.07) is 8.84. The molecule has 0 spiro atoms. The molecule has 0 aliphatic carbocycles. The number of nitrogens with one attached hydrogen (secondary N) is 2. The predicted octanol–water partition coefficient (Wildman–Crippen LogP) is 2.20. The minimum Gasteiger partial charge on any atom is -0.497 e. The van der Waals surface area contributed by atoms with Crippen LogP contribution in [0.1, 0.15) is 17.2 Å². The lowest BCUT2D eigenvalue weighted by molar-refractivity contribution is 0.386. The Balaban J connectivity index is 1.83. The molecule has 5 rings (SSSR count). The molecule has 0 saturated heterocycles. The van der Waals surface area contributed by atoms with Crippen molar-refractivity contribution in [2.24, 2.45) is 0 Å². The van der Waals surface area contributed by atoms with Crippen molar-refractivity contribution >= 4 is 23.0 Å². The highest BCUT2D eigenvalue weighted by molar-refractivity contribution is 7.13. The van der Waals surface area contributed by atoms with Crippen LogP contribution in [0.5, 0.6) is 11.5 Å². The van der Waals surface area contributed by atoms with Crippen LogP contribution in [0.15, 0.2) is 40.5 Å². The SMILES string of the molecule is COc1ccc(C2c3c(-c4cccs4)n[nH]c(=O)c3Nc3nnnn32)c(OC)c1. The summed E-state index contributed by atoms with van der Waals surface area (Å²) in [4.78, 5) is 13.6. The molecular formula is C18H15N7O3S. The number of tetrazole rings is 1. The Morgan fingerprint density at radius 2 is 2.10 bits per heavy atom. The number of ether oxygens (including phenoxy) is 2. The maximum atomic E-state index is 12.6. The van der Waals surface area contributed by atoms with Crippen LogP contribution in [0.4, 0.5) is 11.6 Å². The smallest absolute Gasteiger partial charge is 0.288 e. The molecule has 1 aromatic carbocycles. The molecule has 1 aliphatic rings. The molecule has 0 saturated carbocycles. The molecule has 1 unspecified atom stereocenters. The number of methoxy groups -OCH3 is 2. The third-order valence-corrected chi connectivity index (χ3v) is 5.63. The summed E-state index contributed by atoms with van der Waals surface area (Å²) in [6.45, 7) is 0. The molecule has 4 heterocycles. The molecule has 29 heavy (non-hydrogen) atoms. The number of rotatable bonds is 4. The molecule has 0 amide bonds. The average Bonchev–Trinajstić information content (AvgIpc) is 3.44. The van der Waals surface area contributed by atoms with Crippen LogP contribution in [0.2, 0.25) is 0 Å². The van der Waals surface area contributed by atoms with Gasteiger partial charge in [-0.05, 0) is 34.0 Å². The van der Waals surface area contributed by atoms with Gasteiger partial charge in [0.15, 0.2) is 0 Å². The van der Waals surface area contributed by atoms with Crippen molar-refractivity contribution in [3.63, 3.8) is 0 Å². The van der Waals surface area contributed by atoms with E-state index in [-0.39, 0.29) is 5.56 Å². The highest BCUT2D eigenvalue weighted by Gasteiger charge is 2.36. The second kappa shape index (κ2) is 6.71. The first-order valence-electron chi connectivity index (χ1n) is 8.64. The van der Waals surface area contributed by atoms with E-state index in [2.05, 4.69) is 31.0 Å². The fourth-order valence-corrected chi connectivity index (χ4v) is 4.20. The number of aromatic nitrogens is 6. The zero-order valence-electron chi connectivity index (χ0n) is 15.4. The van der Waals surface area contributed by atoms with Crippen molar-refractivity contribution < 1.29 is 9.47 Å². The number of benzene rings is 1. The van der Waals surface area contributed by atoms with E-state index in [4.69, 9.17) is 9.47 Å². The summed E-state index contributed by atoms with van der Waals surface area (Å²) >= 11 is 1.53. The molecule has 0 bridgehead atoms. The zero-order chi connectivity index (χ0) is 20.0. The van der Waals surface area contributed by atoms with Gasteiger partial charge in [-0.15, -0.1) is 11.3 Å². The van der Waals surface area contributed by atoms with E-state index in [1.807, 2.05) is 29.6 Å². The Bertz CT molecular complexity index is 1250. The van der Waals surface area contributed by atoms with Crippen LogP contribution in [-0.4, -0.2) is 44.6 Å². The van der Waals surface area contributed by atoms with E-state index in [0.717, 1.165) is 10.4 Å². The molecule has 1 atom stereocenters. The molecule has 4 aromatic rings. The van der Waals surface area contributed by atoms with Crippen LogP contribution >= 0.6 is 11.3 Å². The highest BCUT2D eigenvalue weighted by atomic mass is 32.1. The van der Waals surface area contributed by atoms with Crippen LogP contribution < -0.4 is 20.3 Å². The Hall–Kier alpha value is -3.73. The van der Waals surface area contributed by atoms with Gasteiger partial charge in [0.2, 0.25) is 5.95 Å². The molecule has 0 fully saturated rings. The highest BCUT2D eigenvalue weighted by Crippen LogP contribution is 2.44. The lowest BCUT2D eigenvalue weighted by atomic mass is 9.93. The van der Waals surface area contributed by atoms with Crippen LogP contribution in [0.3, 0.4) is 0 Å². The van der Waals surface area contributed by atoms with Crippen molar-refractivity contribution in [1.29, 1.82) is 0 Å². The van der Waals surface area contributed by atoms with Crippen LogP contribution in [0, 0.1) is 0 Å². The van der Waals surface area contributed by atoms with Gasteiger partial charge in [-0.1, -0.05) is 11.2 Å². The normalized spacial score (nSPS) is 14.6. The number of thiophene rings is 1. The summed E-state index contributed by atoms with van der Waals surface area (Å²) in [7, 11) is 3.17. The summed E-state index contributed by atoms with van der Waals surface area (Å²) in [5.74, 6) is 1.59. The van der Waals surface area contributed by atoms with E-state index >= 15 is 0 Å². The van der Waals surface area contributed by atoms with E-state index in [9.17, 15) is 4.79 Å². The Kier molecular flexibility index (Phi) is 4.02. The third-order valence-electron chi connectivity index (χ3n) is 4.76. The number of anilines is 2. The van der Waals surface area contributed by atoms with Gasteiger partial charge >= 0.3 is 0 Å². The van der Waals surface area contributed by atoms with Gasteiger partial charge in [0.1, 0.15) is 28.9 Å². The number of aromatic amines is 1. The number of H-pyrrole nitrogens is 1. The lowest BCUT2D eigenvalue weighted by Crippen LogP contribution is -2.29. The second-order valence-corrected chi connectivity index (χ2v) is 7.20. The molecule has 2 N–H and O–H groups in total. The van der Waals surface area contributed by atoms with Crippen molar-refractivity contribution in [3.8, 4) is 22.1 Å². The van der Waals surface area contributed by atoms with Crippen molar-refractivity contribution in [1.82, 2.24) is 30.4 Å². The van der Waals surface area contributed by atoms with E-state index < -0.39 is 6.04 Å². The van der Waals surface area contributed by atoms with Gasteiger partial charge in [-0.25, -0.2) is 5.10 Å². The fourth-order valence-electron chi connectivity index (χ4n) is 3.47. The maximum absolute atomic E-state index is 12.6. The standard InChI is InChI=1S/C18H15N7O3S/c1-27-9-5-6-10(11(8-9)28-2)16-13-14(12-4-3-7-29-12)20-21-17(26)15(13)19-18-22-23-24-25(16)18/h3-8,16H,1-2H3,(H,21,26)(H,19,22,24). The zero-order valence-corrected chi connectivity index (χ0v) is 16.2. The van der Waals surface area contributed by atoms with Crippen LogP contribution in [-0.2, 0) is 0 Å². The molecular weight excluding hydrogens is 394 g/mol. The quantitative estimate of drug-likeness (QED) is 0.464. The van der Waals surface area contributed by atoms with Crippen molar-refractivity contribution in [3.05, 3.63) is 57.2 Å². The number of hydrogen-bond donors (Lipinski definition) is 2. The van der Waals surface area contributed by atoms with Gasteiger partial charge in [-0.3, -0.25) is 4.79 Å².